The molecule has 0 radical (unpaired) electrons. The molecule has 0 saturated heterocycles. The fourth-order valence-electron chi connectivity index (χ4n) is 1.24. The summed E-state index contributed by atoms with van der Waals surface area (Å²) in [6.45, 7) is 15.4. The van der Waals surface area contributed by atoms with Crippen LogP contribution in [0.1, 0.15) is 40.5 Å². The number of hydrogen-bond acceptors (Lipinski definition) is 0. The predicted octanol–water partition coefficient (Wildman–Crippen LogP) is 5.61. The first-order chi connectivity index (χ1) is 7.88. The van der Waals surface area contributed by atoms with Gasteiger partial charge in [0.05, 0.1) is 0 Å². The van der Waals surface area contributed by atoms with Gasteiger partial charge in [-0.3, -0.25) is 0 Å². The zero-order valence-corrected chi connectivity index (χ0v) is 11.3. The Hall–Kier alpha value is -1.30. The molecule has 0 aromatic heterocycles. The summed E-state index contributed by atoms with van der Waals surface area (Å²) >= 11 is 0. The topological polar surface area (TPSA) is 0 Å². The SMILES string of the molecule is C=C/C=C(\C=C)C1=CCCC=C1.CC.CC. The lowest BCUT2D eigenvalue weighted by Gasteiger charge is -2.06. The zero-order chi connectivity index (χ0) is 12.8. The Labute approximate surface area is 102 Å². The molecule has 0 heterocycles. The normalized spacial score (nSPS) is 13.5. The summed E-state index contributed by atoms with van der Waals surface area (Å²) in [5, 5.41) is 0. The molecule has 0 aliphatic heterocycles. The summed E-state index contributed by atoms with van der Waals surface area (Å²) in [4.78, 5) is 0. The zero-order valence-electron chi connectivity index (χ0n) is 11.3. The van der Waals surface area contributed by atoms with E-state index in [9.17, 15) is 0 Å². The van der Waals surface area contributed by atoms with Gasteiger partial charge in [-0.1, -0.05) is 77.3 Å². The highest BCUT2D eigenvalue weighted by atomic mass is 14.0. The molecule has 0 unspecified atom stereocenters. The van der Waals surface area contributed by atoms with Crippen LogP contribution in [0.2, 0.25) is 0 Å². The Bertz CT molecular complexity index is 262. The van der Waals surface area contributed by atoms with E-state index in [-0.39, 0.29) is 0 Å². The first-order valence-corrected chi connectivity index (χ1v) is 6.20. The van der Waals surface area contributed by atoms with Crippen LogP contribution in [-0.4, -0.2) is 0 Å². The van der Waals surface area contributed by atoms with Crippen molar-refractivity contribution in [3.8, 4) is 0 Å². The lowest BCUT2D eigenvalue weighted by molar-refractivity contribution is 1.02. The van der Waals surface area contributed by atoms with Crippen molar-refractivity contribution in [1.82, 2.24) is 0 Å². The van der Waals surface area contributed by atoms with Gasteiger partial charge in [-0.15, -0.1) is 0 Å². The average molecular weight is 218 g/mol. The van der Waals surface area contributed by atoms with Crippen LogP contribution < -0.4 is 0 Å². The van der Waals surface area contributed by atoms with Crippen LogP contribution in [0, 0.1) is 0 Å². The van der Waals surface area contributed by atoms with Crippen molar-refractivity contribution in [2.75, 3.05) is 0 Å². The second kappa shape index (κ2) is 13.7. The van der Waals surface area contributed by atoms with Crippen LogP contribution in [-0.2, 0) is 0 Å². The van der Waals surface area contributed by atoms with Gasteiger partial charge in [0, 0.05) is 0 Å². The molecule has 0 spiro atoms. The highest BCUT2D eigenvalue weighted by Crippen LogP contribution is 2.18. The molecule has 90 valence electrons. The van der Waals surface area contributed by atoms with Crippen LogP contribution in [0.5, 0.6) is 0 Å². The molecule has 0 fully saturated rings. The van der Waals surface area contributed by atoms with Gasteiger partial charge in [0.2, 0.25) is 0 Å². The van der Waals surface area contributed by atoms with Gasteiger partial charge in [-0.25, -0.2) is 0 Å². The van der Waals surface area contributed by atoms with E-state index in [1.54, 1.807) is 6.08 Å². The summed E-state index contributed by atoms with van der Waals surface area (Å²) in [5.41, 5.74) is 2.41. The second-order valence-electron chi connectivity index (χ2n) is 2.70. The van der Waals surface area contributed by atoms with E-state index < -0.39 is 0 Å². The standard InChI is InChI=1S/C12H14.2C2H6/c1-3-8-11(4-2)12-9-6-5-7-10-12;2*1-2/h3-4,6,8-10H,1-2,5,7H2;2*1-2H3/b11-8+;;. The predicted molar refractivity (Wildman–Crippen MR) is 77.6 cm³/mol. The number of allylic oxidation sites excluding steroid dienone is 8. The molecule has 0 aromatic carbocycles. The third kappa shape index (κ3) is 7.05. The van der Waals surface area contributed by atoms with Crippen molar-refractivity contribution < 1.29 is 0 Å². The van der Waals surface area contributed by atoms with Crippen molar-refractivity contribution in [1.29, 1.82) is 0 Å². The second-order valence-corrected chi connectivity index (χ2v) is 2.70. The smallest absolute Gasteiger partial charge is 0.0193 e. The van der Waals surface area contributed by atoms with Gasteiger partial charge < -0.3 is 0 Å². The molecule has 0 aromatic rings. The van der Waals surface area contributed by atoms with Gasteiger partial charge in [-0.05, 0) is 24.0 Å². The van der Waals surface area contributed by atoms with Gasteiger partial charge >= 0.3 is 0 Å². The van der Waals surface area contributed by atoms with E-state index in [0.29, 0.717) is 0 Å². The molecule has 0 atom stereocenters. The monoisotopic (exact) mass is 218 g/mol. The van der Waals surface area contributed by atoms with Gasteiger partial charge in [-0.2, -0.15) is 0 Å². The van der Waals surface area contributed by atoms with Crippen molar-refractivity contribution >= 4 is 0 Å². The molecule has 0 amide bonds. The van der Waals surface area contributed by atoms with E-state index >= 15 is 0 Å². The van der Waals surface area contributed by atoms with Gasteiger partial charge in [0.25, 0.3) is 0 Å². The van der Waals surface area contributed by atoms with E-state index in [4.69, 9.17) is 0 Å². The first kappa shape index (κ1) is 17.1. The average Bonchev–Trinajstić information content (AvgIpc) is 2.41. The van der Waals surface area contributed by atoms with Crippen LogP contribution in [0.15, 0.2) is 60.8 Å². The largest absolute Gasteiger partial charge is 0.0990 e. The summed E-state index contributed by atoms with van der Waals surface area (Å²) < 4.78 is 0. The molecule has 0 saturated carbocycles. The maximum Gasteiger partial charge on any atom is -0.0193 e. The summed E-state index contributed by atoms with van der Waals surface area (Å²) in [7, 11) is 0. The molecule has 0 bridgehead atoms. The first-order valence-electron chi connectivity index (χ1n) is 6.20. The maximum atomic E-state index is 3.76. The molecule has 1 aliphatic carbocycles. The Morgan fingerprint density at radius 1 is 1.12 bits per heavy atom. The molecule has 1 aliphatic rings. The lowest BCUT2D eigenvalue weighted by Crippen LogP contribution is -1.87. The minimum Gasteiger partial charge on any atom is -0.0990 e. The molecule has 0 nitrogen and oxygen atoms in total. The van der Waals surface area contributed by atoms with Crippen molar-refractivity contribution in [2.45, 2.75) is 40.5 Å². The Morgan fingerprint density at radius 3 is 2.12 bits per heavy atom. The molecule has 1 rings (SSSR count). The Kier molecular flexibility index (Phi) is 14.6. The molecule has 0 heteroatoms. The quantitative estimate of drug-likeness (QED) is 0.540. The van der Waals surface area contributed by atoms with Crippen molar-refractivity contribution in [2.24, 2.45) is 0 Å². The Balaban J connectivity index is 0. The van der Waals surface area contributed by atoms with Crippen molar-refractivity contribution in [3.63, 3.8) is 0 Å². The van der Waals surface area contributed by atoms with E-state index in [2.05, 4.69) is 31.4 Å². The number of rotatable bonds is 3. The third-order valence-electron chi connectivity index (χ3n) is 1.85. The Morgan fingerprint density at radius 2 is 1.75 bits per heavy atom. The van der Waals surface area contributed by atoms with E-state index in [1.165, 1.54) is 5.57 Å². The molecule has 0 N–H and O–H groups in total. The van der Waals surface area contributed by atoms with Crippen LogP contribution in [0.4, 0.5) is 0 Å². The fourth-order valence-corrected chi connectivity index (χ4v) is 1.24. The van der Waals surface area contributed by atoms with Crippen molar-refractivity contribution in [3.05, 3.63) is 60.8 Å². The number of hydrogen-bond donors (Lipinski definition) is 0. The summed E-state index contributed by atoms with van der Waals surface area (Å²) in [6, 6.07) is 0. The minimum absolute atomic E-state index is 1.13. The minimum atomic E-state index is 1.13. The highest BCUT2D eigenvalue weighted by molar-refractivity contribution is 5.48. The summed E-state index contributed by atoms with van der Waals surface area (Å²) in [5.74, 6) is 0. The van der Waals surface area contributed by atoms with Crippen LogP contribution in [0.25, 0.3) is 0 Å². The maximum absolute atomic E-state index is 3.76. The fraction of sp³-hybridized carbons (Fsp3) is 0.375. The summed E-state index contributed by atoms with van der Waals surface area (Å²) in [6.07, 6.45) is 14.5. The van der Waals surface area contributed by atoms with Gasteiger partial charge in [0.15, 0.2) is 0 Å². The lowest BCUT2D eigenvalue weighted by atomic mass is 9.99. The van der Waals surface area contributed by atoms with Crippen LogP contribution in [0.3, 0.4) is 0 Å². The van der Waals surface area contributed by atoms with Gasteiger partial charge in [0.1, 0.15) is 0 Å². The third-order valence-corrected chi connectivity index (χ3v) is 1.85. The van der Waals surface area contributed by atoms with Crippen LogP contribution >= 0.6 is 0 Å². The van der Waals surface area contributed by atoms with E-state index in [1.807, 2.05) is 39.8 Å². The molecular formula is C16H26. The molecular weight excluding hydrogens is 192 g/mol. The highest BCUT2D eigenvalue weighted by Gasteiger charge is 1.98. The molecule has 16 heavy (non-hydrogen) atoms. The van der Waals surface area contributed by atoms with E-state index in [0.717, 1.165) is 18.4 Å².